The molecule has 0 bridgehead atoms. The minimum Gasteiger partial charge on any atom is -0.504 e. The Morgan fingerprint density at radius 2 is 1.67 bits per heavy atom. The topological polar surface area (TPSA) is 85.2 Å². The summed E-state index contributed by atoms with van der Waals surface area (Å²) in [5, 5.41) is 19.4. The van der Waals surface area contributed by atoms with Crippen LogP contribution in [0.3, 0.4) is 0 Å². The van der Waals surface area contributed by atoms with Crippen molar-refractivity contribution in [2.45, 2.75) is 12.5 Å². The molecule has 0 saturated carbocycles. The third-order valence-corrected chi connectivity index (χ3v) is 4.19. The number of carbonyl (C=O) groups excluding carboxylic acids is 1. The fraction of sp³-hybridized carbons (Fsp3) is 0.190. The molecule has 6 heteroatoms. The average Bonchev–Trinajstić information content (AvgIpc) is 2.67. The van der Waals surface area contributed by atoms with Crippen LogP contribution in [0.4, 0.5) is 0 Å². The van der Waals surface area contributed by atoms with Crippen molar-refractivity contribution < 1.29 is 29.2 Å². The number of carbonyl (C=O) groups is 1. The molecular formula is C21H20O6. The summed E-state index contributed by atoms with van der Waals surface area (Å²) in [6.07, 6.45) is 4.64. The molecule has 1 atom stereocenters. The summed E-state index contributed by atoms with van der Waals surface area (Å²) >= 11 is 0. The third kappa shape index (κ3) is 4.23. The lowest BCUT2D eigenvalue weighted by molar-refractivity contribution is -0.118. The lowest BCUT2D eigenvalue weighted by atomic mass is 10.0. The van der Waals surface area contributed by atoms with Crippen molar-refractivity contribution in [3.8, 4) is 23.0 Å². The van der Waals surface area contributed by atoms with Crippen LogP contribution in [0.5, 0.6) is 23.0 Å². The lowest BCUT2D eigenvalue weighted by Gasteiger charge is -2.23. The number of ketones is 1. The second-order valence-corrected chi connectivity index (χ2v) is 6.02. The van der Waals surface area contributed by atoms with Crippen molar-refractivity contribution >= 4 is 11.9 Å². The molecule has 1 aliphatic rings. The van der Waals surface area contributed by atoms with E-state index >= 15 is 0 Å². The summed E-state index contributed by atoms with van der Waals surface area (Å²) < 4.78 is 16.1. The van der Waals surface area contributed by atoms with Crippen LogP contribution in [0.2, 0.25) is 0 Å². The van der Waals surface area contributed by atoms with E-state index < -0.39 is 6.10 Å². The van der Waals surface area contributed by atoms with Gasteiger partial charge in [0.2, 0.25) is 0 Å². The van der Waals surface area contributed by atoms with Gasteiger partial charge in [-0.3, -0.25) is 4.79 Å². The van der Waals surface area contributed by atoms with Gasteiger partial charge in [-0.25, -0.2) is 0 Å². The fourth-order valence-corrected chi connectivity index (χ4v) is 2.78. The molecule has 2 aromatic carbocycles. The van der Waals surface area contributed by atoms with Gasteiger partial charge in [-0.1, -0.05) is 18.2 Å². The van der Waals surface area contributed by atoms with Crippen LogP contribution < -0.4 is 9.47 Å². The number of rotatable bonds is 5. The molecule has 0 fully saturated rings. The Labute approximate surface area is 156 Å². The number of hydrogen-bond donors (Lipinski definition) is 2. The van der Waals surface area contributed by atoms with Gasteiger partial charge < -0.3 is 24.4 Å². The highest BCUT2D eigenvalue weighted by molar-refractivity contribution is 5.92. The molecule has 27 heavy (non-hydrogen) atoms. The highest BCUT2D eigenvalue weighted by Crippen LogP contribution is 2.35. The van der Waals surface area contributed by atoms with E-state index in [0.717, 1.165) is 11.1 Å². The molecule has 140 valence electrons. The van der Waals surface area contributed by atoms with E-state index in [4.69, 9.17) is 14.2 Å². The molecule has 0 amide bonds. The van der Waals surface area contributed by atoms with Crippen molar-refractivity contribution in [3.63, 3.8) is 0 Å². The Kier molecular flexibility index (Phi) is 5.35. The second kappa shape index (κ2) is 7.86. The molecule has 6 nitrogen and oxygen atoms in total. The molecule has 1 heterocycles. The van der Waals surface area contributed by atoms with Gasteiger partial charge in [0.15, 0.2) is 28.8 Å². The van der Waals surface area contributed by atoms with E-state index in [1.165, 1.54) is 32.4 Å². The van der Waals surface area contributed by atoms with Gasteiger partial charge in [-0.15, -0.1) is 0 Å². The number of allylic oxidation sites excluding steroid dienone is 2. The van der Waals surface area contributed by atoms with Gasteiger partial charge in [-0.05, 0) is 41.5 Å². The highest BCUT2D eigenvalue weighted by Gasteiger charge is 2.23. The van der Waals surface area contributed by atoms with Gasteiger partial charge in [0.05, 0.1) is 20.6 Å². The number of phenolic OH excluding ortho intramolecular Hbond substituents is 2. The maximum absolute atomic E-state index is 12.1. The van der Waals surface area contributed by atoms with Crippen LogP contribution in [0, 0.1) is 0 Å². The van der Waals surface area contributed by atoms with Crippen LogP contribution in [0.15, 0.2) is 54.3 Å². The summed E-state index contributed by atoms with van der Waals surface area (Å²) in [4.78, 5) is 12.1. The Hall–Kier alpha value is -3.41. The summed E-state index contributed by atoms with van der Waals surface area (Å²) in [7, 11) is 2.94. The summed E-state index contributed by atoms with van der Waals surface area (Å²) in [5.41, 5.74) is 1.53. The van der Waals surface area contributed by atoms with Crippen LogP contribution in [-0.4, -0.2) is 30.2 Å². The van der Waals surface area contributed by atoms with Gasteiger partial charge >= 0.3 is 0 Å². The monoisotopic (exact) mass is 368 g/mol. The Balaban J connectivity index is 1.80. The van der Waals surface area contributed by atoms with E-state index in [0.29, 0.717) is 17.3 Å². The third-order valence-electron chi connectivity index (χ3n) is 4.19. The molecule has 3 rings (SSSR count). The average molecular weight is 368 g/mol. The molecule has 2 N–H and O–H groups in total. The van der Waals surface area contributed by atoms with Gasteiger partial charge in [0, 0.05) is 6.08 Å². The first-order chi connectivity index (χ1) is 13.0. The van der Waals surface area contributed by atoms with Crippen LogP contribution in [0.25, 0.3) is 6.08 Å². The minimum atomic E-state index is -0.467. The van der Waals surface area contributed by atoms with E-state index in [-0.39, 0.29) is 23.7 Å². The Morgan fingerprint density at radius 1 is 1.00 bits per heavy atom. The predicted molar refractivity (Wildman–Crippen MR) is 99.9 cm³/mol. The summed E-state index contributed by atoms with van der Waals surface area (Å²) in [6, 6.07) is 9.81. The number of methoxy groups -OCH3 is 2. The Morgan fingerprint density at radius 3 is 2.37 bits per heavy atom. The Bertz CT molecular complexity index is 913. The number of benzene rings is 2. The molecule has 1 aliphatic heterocycles. The first-order valence-corrected chi connectivity index (χ1v) is 8.33. The van der Waals surface area contributed by atoms with Gasteiger partial charge in [-0.2, -0.15) is 0 Å². The molecule has 0 spiro atoms. The van der Waals surface area contributed by atoms with E-state index in [9.17, 15) is 15.0 Å². The maximum atomic E-state index is 12.1. The smallest absolute Gasteiger partial charge is 0.163 e. The molecule has 0 aromatic heterocycles. The van der Waals surface area contributed by atoms with Gasteiger partial charge in [0.1, 0.15) is 11.9 Å². The van der Waals surface area contributed by atoms with E-state index in [1.54, 1.807) is 36.4 Å². The van der Waals surface area contributed by atoms with Crippen molar-refractivity contribution in [1.29, 1.82) is 0 Å². The first-order valence-electron chi connectivity index (χ1n) is 8.33. The van der Waals surface area contributed by atoms with Crippen LogP contribution in [0.1, 0.15) is 23.7 Å². The zero-order chi connectivity index (χ0) is 19.4. The number of aromatic hydroxyl groups is 2. The number of hydrogen-bond acceptors (Lipinski definition) is 6. The van der Waals surface area contributed by atoms with Crippen LogP contribution >= 0.6 is 0 Å². The molecule has 0 aliphatic carbocycles. The zero-order valence-electron chi connectivity index (χ0n) is 15.0. The van der Waals surface area contributed by atoms with Crippen molar-refractivity contribution in [3.05, 3.63) is 65.4 Å². The van der Waals surface area contributed by atoms with Crippen molar-refractivity contribution in [1.82, 2.24) is 0 Å². The standard InChI is InChI=1S/C21H20O6/c1-25-20-9-13(4-7-17(20)23)3-6-16-11-15(22)12-19(27-16)14-5-8-18(24)21(10-14)26-2/h3-11,19,23-24H,12H2,1-2H3/t19-/m1/s1. The number of ether oxygens (including phenoxy) is 3. The largest absolute Gasteiger partial charge is 0.504 e. The normalized spacial score (nSPS) is 16.7. The van der Waals surface area contributed by atoms with Crippen molar-refractivity contribution in [2.75, 3.05) is 14.2 Å². The van der Waals surface area contributed by atoms with E-state index in [1.807, 2.05) is 0 Å². The highest BCUT2D eigenvalue weighted by atomic mass is 16.5. The minimum absolute atomic E-state index is 0.0281. The second-order valence-electron chi connectivity index (χ2n) is 6.02. The number of phenols is 2. The zero-order valence-corrected chi connectivity index (χ0v) is 15.0. The summed E-state index contributed by atoms with van der Waals surface area (Å²) in [5.74, 6) is 1.14. The molecule has 0 radical (unpaired) electrons. The maximum Gasteiger partial charge on any atom is 0.163 e. The quantitative estimate of drug-likeness (QED) is 0.836. The fourth-order valence-electron chi connectivity index (χ4n) is 2.78. The van der Waals surface area contributed by atoms with Crippen LogP contribution in [-0.2, 0) is 9.53 Å². The lowest BCUT2D eigenvalue weighted by Crippen LogP contribution is -2.14. The van der Waals surface area contributed by atoms with Crippen molar-refractivity contribution in [2.24, 2.45) is 0 Å². The van der Waals surface area contributed by atoms with Gasteiger partial charge in [0.25, 0.3) is 0 Å². The molecule has 2 aromatic rings. The van der Waals surface area contributed by atoms with E-state index in [2.05, 4.69) is 0 Å². The molecule has 0 saturated heterocycles. The molecular weight excluding hydrogens is 348 g/mol. The SMILES string of the molecule is COc1cc(C=CC2=CC(=O)C[C@H](c3ccc(O)c(OC)c3)O2)ccc1O. The predicted octanol–water partition coefficient (Wildman–Crippen LogP) is 3.74. The summed E-state index contributed by atoms with van der Waals surface area (Å²) in [6.45, 7) is 0. The first kappa shape index (κ1) is 18.4. The molecule has 0 unspecified atom stereocenters.